The Hall–Kier alpha value is -1.51. The van der Waals surface area contributed by atoms with Gasteiger partial charge in [-0.1, -0.05) is 20.8 Å². The van der Waals surface area contributed by atoms with Gasteiger partial charge in [0, 0.05) is 5.56 Å². The molecule has 0 bridgehead atoms. The van der Waals surface area contributed by atoms with Crippen molar-refractivity contribution < 1.29 is 14.3 Å². The second-order valence-electron chi connectivity index (χ2n) is 4.95. The van der Waals surface area contributed by atoms with Gasteiger partial charge in [0.15, 0.2) is 11.5 Å². The Morgan fingerprint density at radius 2 is 1.69 bits per heavy atom. The molecule has 0 unspecified atom stereocenters. The van der Waals surface area contributed by atoms with E-state index in [2.05, 4.69) is 20.8 Å². The third kappa shape index (κ3) is 1.90. The summed E-state index contributed by atoms with van der Waals surface area (Å²) in [4.78, 5) is 11.1. The Labute approximate surface area is 95.4 Å². The summed E-state index contributed by atoms with van der Waals surface area (Å²) in [5.74, 6) is 1.41. The number of rotatable bonds is 1. The van der Waals surface area contributed by atoms with Gasteiger partial charge in [0.1, 0.15) is 19.5 Å². The normalized spacial score (nSPS) is 14.7. The average Bonchev–Trinajstić information content (AvgIpc) is 2.26. The first kappa shape index (κ1) is 11.0. The van der Waals surface area contributed by atoms with Gasteiger partial charge < -0.3 is 9.47 Å². The number of carbonyl (C=O) groups is 1. The molecule has 0 radical (unpaired) electrons. The monoisotopic (exact) mass is 220 g/mol. The van der Waals surface area contributed by atoms with Crippen LogP contribution >= 0.6 is 0 Å². The van der Waals surface area contributed by atoms with E-state index in [4.69, 9.17) is 9.47 Å². The van der Waals surface area contributed by atoms with Crippen molar-refractivity contribution in [1.82, 2.24) is 0 Å². The summed E-state index contributed by atoms with van der Waals surface area (Å²) >= 11 is 0. The molecule has 1 aromatic carbocycles. The molecular formula is C13H16O3. The third-order valence-electron chi connectivity index (χ3n) is 2.65. The Bertz CT molecular complexity index is 416. The van der Waals surface area contributed by atoms with Gasteiger partial charge in [-0.2, -0.15) is 0 Å². The Kier molecular flexibility index (Phi) is 2.62. The maximum atomic E-state index is 11.1. The molecule has 3 heteroatoms. The van der Waals surface area contributed by atoms with Crippen LogP contribution in [0, 0.1) is 0 Å². The predicted octanol–water partition coefficient (Wildman–Crippen LogP) is 2.57. The summed E-state index contributed by atoms with van der Waals surface area (Å²) in [6.45, 7) is 7.33. The van der Waals surface area contributed by atoms with Gasteiger partial charge in [0.05, 0.1) is 0 Å². The van der Waals surface area contributed by atoms with Crippen molar-refractivity contribution in [3.63, 3.8) is 0 Å². The van der Waals surface area contributed by atoms with Gasteiger partial charge in [0.2, 0.25) is 0 Å². The molecule has 16 heavy (non-hydrogen) atoms. The lowest BCUT2D eigenvalue weighted by atomic mass is 9.83. The maximum Gasteiger partial charge on any atom is 0.162 e. The largest absolute Gasteiger partial charge is 0.486 e. The summed E-state index contributed by atoms with van der Waals surface area (Å²) in [6.07, 6.45) is 0.874. The first-order chi connectivity index (χ1) is 7.52. The molecule has 0 amide bonds. The zero-order valence-electron chi connectivity index (χ0n) is 9.87. The number of ether oxygens (including phenoxy) is 2. The van der Waals surface area contributed by atoms with E-state index < -0.39 is 0 Å². The second-order valence-corrected chi connectivity index (χ2v) is 4.95. The van der Waals surface area contributed by atoms with Crippen molar-refractivity contribution >= 4 is 6.29 Å². The fraction of sp³-hybridized carbons (Fsp3) is 0.462. The van der Waals surface area contributed by atoms with E-state index in [1.165, 1.54) is 0 Å². The lowest BCUT2D eigenvalue weighted by Crippen LogP contribution is -2.19. The average molecular weight is 220 g/mol. The van der Waals surface area contributed by atoms with Crippen LogP contribution in [0.15, 0.2) is 12.1 Å². The summed E-state index contributed by atoms with van der Waals surface area (Å²) < 4.78 is 11.0. The number of benzene rings is 1. The van der Waals surface area contributed by atoms with Gasteiger partial charge >= 0.3 is 0 Å². The van der Waals surface area contributed by atoms with Crippen molar-refractivity contribution in [2.45, 2.75) is 26.2 Å². The van der Waals surface area contributed by atoms with Crippen LogP contribution in [0.5, 0.6) is 11.5 Å². The molecule has 2 rings (SSSR count). The van der Waals surface area contributed by atoms with E-state index in [9.17, 15) is 4.79 Å². The molecule has 1 heterocycles. The van der Waals surface area contributed by atoms with Crippen molar-refractivity contribution in [3.05, 3.63) is 23.3 Å². The molecule has 1 aliphatic heterocycles. The minimum atomic E-state index is -0.0773. The van der Waals surface area contributed by atoms with Crippen LogP contribution in [-0.2, 0) is 5.41 Å². The zero-order valence-corrected chi connectivity index (χ0v) is 9.87. The molecule has 0 aromatic heterocycles. The number of carbonyl (C=O) groups excluding carboxylic acids is 1. The van der Waals surface area contributed by atoms with Gasteiger partial charge in [-0.3, -0.25) is 4.79 Å². The molecule has 3 nitrogen and oxygen atoms in total. The standard InChI is InChI=1S/C13H16O3/c1-13(2,3)10-7-12-11(6-9(10)8-14)15-4-5-16-12/h6-8H,4-5H2,1-3H3. The van der Waals surface area contributed by atoms with Crippen molar-refractivity contribution in [3.8, 4) is 11.5 Å². The minimum Gasteiger partial charge on any atom is -0.486 e. The van der Waals surface area contributed by atoms with Crippen LogP contribution in [-0.4, -0.2) is 19.5 Å². The lowest BCUT2D eigenvalue weighted by molar-refractivity contribution is 0.111. The number of hydrogen-bond donors (Lipinski definition) is 0. The fourth-order valence-corrected chi connectivity index (χ4v) is 1.85. The van der Waals surface area contributed by atoms with Gasteiger partial charge in [-0.05, 0) is 23.1 Å². The van der Waals surface area contributed by atoms with Crippen LogP contribution in [0.1, 0.15) is 36.7 Å². The molecule has 1 aliphatic rings. The topological polar surface area (TPSA) is 35.5 Å². The Morgan fingerprint density at radius 1 is 1.12 bits per heavy atom. The summed E-state index contributed by atoms with van der Waals surface area (Å²) in [5.41, 5.74) is 1.59. The molecule has 0 saturated carbocycles. The SMILES string of the molecule is CC(C)(C)c1cc2c(cc1C=O)OCCO2. The summed E-state index contributed by atoms with van der Waals surface area (Å²) in [5, 5.41) is 0. The van der Waals surface area contributed by atoms with Gasteiger partial charge in [-0.25, -0.2) is 0 Å². The van der Waals surface area contributed by atoms with Crippen molar-refractivity contribution in [2.75, 3.05) is 13.2 Å². The van der Waals surface area contributed by atoms with Crippen LogP contribution in [0.3, 0.4) is 0 Å². The summed E-state index contributed by atoms with van der Waals surface area (Å²) in [6, 6.07) is 3.68. The third-order valence-corrected chi connectivity index (χ3v) is 2.65. The van der Waals surface area contributed by atoms with Crippen molar-refractivity contribution in [1.29, 1.82) is 0 Å². The van der Waals surface area contributed by atoms with E-state index in [1.807, 2.05) is 6.07 Å². The van der Waals surface area contributed by atoms with Crippen LogP contribution in [0.4, 0.5) is 0 Å². The molecule has 0 saturated heterocycles. The highest BCUT2D eigenvalue weighted by atomic mass is 16.6. The molecule has 0 aliphatic carbocycles. The highest BCUT2D eigenvalue weighted by Crippen LogP contribution is 2.37. The first-order valence-electron chi connectivity index (χ1n) is 5.41. The van der Waals surface area contributed by atoms with E-state index in [1.54, 1.807) is 6.07 Å². The van der Waals surface area contributed by atoms with E-state index >= 15 is 0 Å². The zero-order chi connectivity index (χ0) is 11.8. The Balaban J connectivity index is 2.56. The van der Waals surface area contributed by atoms with E-state index in [-0.39, 0.29) is 5.41 Å². The highest BCUT2D eigenvalue weighted by molar-refractivity contribution is 5.80. The molecule has 0 spiro atoms. The number of hydrogen-bond acceptors (Lipinski definition) is 3. The van der Waals surface area contributed by atoms with Crippen LogP contribution in [0.2, 0.25) is 0 Å². The molecular weight excluding hydrogens is 204 g/mol. The molecule has 86 valence electrons. The highest BCUT2D eigenvalue weighted by Gasteiger charge is 2.22. The summed E-state index contributed by atoms with van der Waals surface area (Å²) in [7, 11) is 0. The van der Waals surface area contributed by atoms with Crippen molar-refractivity contribution in [2.24, 2.45) is 0 Å². The Morgan fingerprint density at radius 3 is 2.19 bits per heavy atom. The van der Waals surface area contributed by atoms with Crippen LogP contribution < -0.4 is 9.47 Å². The molecule has 0 atom stereocenters. The molecule has 0 N–H and O–H groups in total. The van der Waals surface area contributed by atoms with E-state index in [0.717, 1.165) is 17.6 Å². The second kappa shape index (κ2) is 3.81. The molecule has 0 fully saturated rings. The van der Waals surface area contributed by atoms with E-state index in [0.29, 0.717) is 24.5 Å². The van der Waals surface area contributed by atoms with Crippen LogP contribution in [0.25, 0.3) is 0 Å². The first-order valence-corrected chi connectivity index (χ1v) is 5.41. The fourth-order valence-electron chi connectivity index (χ4n) is 1.85. The number of fused-ring (bicyclic) bond motifs is 1. The molecule has 1 aromatic rings. The smallest absolute Gasteiger partial charge is 0.162 e. The quantitative estimate of drug-likeness (QED) is 0.682. The maximum absolute atomic E-state index is 11.1. The van der Waals surface area contributed by atoms with Gasteiger partial charge in [0.25, 0.3) is 0 Å². The predicted molar refractivity (Wildman–Crippen MR) is 61.5 cm³/mol. The number of aldehydes is 1. The lowest BCUT2D eigenvalue weighted by Gasteiger charge is -2.25. The minimum absolute atomic E-state index is 0.0773. The van der Waals surface area contributed by atoms with Gasteiger partial charge in [-0.15, -0.1) is 0 Å².